The minimum Gasteiger partial charge on any atom is -0.369 e. The molecule has 2 bridgehead atoms. The lowest BCUT2D eigenvalue weighted by molar-refractivity contribution is -0.142. The maximum absolute atomic E-state index is 14.4. The maximum atomic E-state index is 14.4. The first kappa shape index (κ1) is 47.4. The van der Waals surface area contributed by atoms with E-state index in [9.17, 15) is 28.8 Å². The Balaban J connectivity index is 1.76. The Morgan fingerprint density at radius 1 is 0.847 bits per heavy atom. The summed E-state index contributed by atoms with van der Waals surface area (Å²) < 4.78 is 12.2. The smallest absolute Gasteiger partial charge is 0.245 e. The van der Waals surface area contributed by atoms with Crippen LogP contribution in [-0.2, 0) is 44.7 Å². The van der Waals surface area contributed by atoms with E-state index in [0.29, 0.717) is 38.0 Å². The van der Waals surface area contributed by atoms with Crippen molar-refractivity contribution < 1.29 is 38.2 Å². The Hall–Kier alpha value is -4.25. The molecule has 15 nitrogen and oxygen atoms in total. The van der Waals surface area contributed by atoms with Crippen molar-refractivity contribution in [3.8, 4) is 0 Å². The summed E-state index contributed by atoms with van der Waals surface area (Å²) in [5.41, 5.74) is -0.811. The Labute approximate surface area is 353 Å². The third kappa shape index (κ3) is 12.9. The molecule has 6 N–H and O–H groups in total. The van der Waals surface area contributed by atoms with Crippen molar-refractivity contribution in [3.05, 3.63) is 61.2 Å². The molecule has 0 aromatic heterocycles. The van der Waals surface area contributed by atoms with Gasteiger partial charge in [0.2, 0.25) is 35.4 Å². The highest BCUT2D eigenvalue weighted by atomic mass is 32.2. The molecule has 4 rings (SSSR count). The van der Waals surface area contributed by atoms with E-state index >= 15 is 0 Å². The first-order chi connectivity index (χ1) is 27.8. The van der Waals surface area contributed by atoms with Crippen LogP contribution in [0.2, 0.25) is 0 Å². The molecular weight excluding hydrogens is 775 g/mol. The lowest BCUT2D eigenvalue weighted by Crippen LogP contribution is -2.63. The minimum absolute atomic E-state index is 0.308. The van der Waals surface area contributed by atoms with Gasteiger partial charge in [-0.2, -0.15) is 0 Å². The Morgan fingerprint density at radius 3 is 2.14 bits per heavy atom. The number of nitrogens with zero attached hydrogens (tertiary/aromatic N) is 1. The Kier molecular flexibility index (Phi) is 16.7. The summed E-state index contributed by atoms with van der Waals surface area (Å²) in [6.45, 7) is 21.6. The van der Waals surface area contributed by atoms with Crippen molar-refractivity contribution in [1.29, 1.82) is 0 Å². The number of hydrogen-bond acceptors (Lipinski definition) is 10. The fourth-order valence-corrected chi connectivity index (χ4v) is 8.48. The van der Waals surface area contributed by atoms with Crippen molar-refractivity contribution in [1.82, 2.24) is 36.8 Å². The molecule has 16 heteroatoms. The van der Waals surface area contributed by atoms with Crippen molar-refractivity contribution in [2.24, 2.45) is 5.92 Å². The standard InChI is InChI=1S/C43H65N7O8S/c1-11-25(4)33-38(54)44-26(5)41(56)50-21-17-20-32(50)37(53)45-29(22-28-18-15-14-16-19-28)40-47-31(24-59-40)36(52)49-34(27(6)58-43(9,10)13-3)39(55)46-30(35(51)48-33)23-57-42(7,8)12-2/h12-16,18-19,25-27,29-34,40,47H,2-3,11,17,20-24H2,1,4-10H3,(H,44,54)(H,45,53)(H,46,55)(H,48,51)(H,49,52)/t25-,26-,27+,29?,30-,31-,32-,33-,34?,40?/m0/s1. The van der Waals surface area contributed by atoms with Crippen LogP contribution in [0.5, 0.6) is 0 Å². The van der Waals surface area contributed by atoms with Gasteiger partial charge in [0.1, 0.15) is 30.2 Å². The Bertz CT molecular complexity index is 1690. The molecule has 0 aliphatic carbocycles. The van der Waals surface area contributed by atoms with E-state index in [1.165, 1.54) is 16.7 Å². The summed E-state index contributed by atoms with van der Waals surface area (Å²) in [5.74, 6) is -3.34. The van der Waals surface area contributed by atoms with Crippen LogP contribution in [-0.4, -0.2) is 124 Å². The van der Waals surface area contributed by atoms with Crippen molar-refractivity contribution in [2.45, 2.75) is 146 Å². The van der Waals surface area contributed by atoms with Gasteiger partial charge in [-0.3, -0.25) is 34.1 Å². The zero-order chi connectivity index (χ0) is 43.7. The largest absolute Gasteiger partial charge is 0.369 e. The molecule has 10 atom stereocenters. The highest BCUT2D eigenvalue weighted by Crippen LogP contribution is 2.26. The van der Waals surface area contributed by atoms with Crippen LogP contribution in [0.4, 0.5) is 0 Å². The summed E-state index contributed by atoms with van der Waals surface area (Å²) in [7, 11) is 0. The van der Waals surface area contributed by atoms with Crippen LogP contribution < -0.4 is 31.9 Å². The predicted molar refractivity (Wildman–Crippen MR) is 228 cm³/mol. The van der Waals surface area contributed by atoms with E-state index in [-0.39, 0.29) is 18.4 Å². The van der Waals surface area contributed by atoms with E-state index in [1.807, 2.05) is 37.3 Å². The molecule has 6 amide bonds. The van der Waals surface area contributed by atoms with Gasteiger partial charge in [0.15, 0.2) is 0 Å². The van der Waals surface area contributed by atoms with Gasteiger partial charge >= 0.3 is 0 Å². The van der Waals surface area contributed by atoms with Crippen LogP contribution in [0.3, 0.4) is 0 Å². The molecular formula is C43H65N7O8S. The molecule has 3 aliphatic heterocycles. The number of carbonyl (C=O) groups excluding carboxylic acids is 6. The Morgan fingerprint density at radius 2 is 1.49 bits per heavy atom. The molecule has 0 radical (unpaired) electrons. The molecule has 3 fully saturated rings. The maximum Gasteiger partial charge on any atom is 0.245 e. The van der Waals surface area contributed by atoms with E-state index in [0.717, 1.165) is 5.56 Å². The van der Waals surface area contributed by atoms with Crippen molar-refractivity contribution >= 4 is 47.2 Å². The first-order valence-corrected chi connectivity index (χ1v) is 21.7. The minimum atomic E-state index is -1.33. The topological polar surface area (TPSA) is 196 Å². The van der Waals surface area contributed by atoms with Gasteiger partial charge in [0, 0.05) is 12.3 Å². The molecule has 3 heterocycles. The second-order valence-corrected chi connectivity index (χ2v) is 18.0. The quantitative estimate of drug-likeness (QED) is 0.170. The normalized spacial score (nSPS) is 29.1. The van der Waals surface area contributed by atoms with Crippen LogP contribution >= 0.6 is 11.8 Å². The second kappa shape index (κ2) is 20.8. The SMILES string of the molecule is C=CC(C)(C)OC[C@@H]1NC(=O)C([C@@H](C)OC(C)(C)C=C)NC(=O)[C@@H]2CSC(N2)C(Cc2ccccc2)NC(=O)[C@@H]2CCCN2C(=O)[C@H](C)NC(=O)[C@H]([C@@H](C)CC)NC1=O. The highest BCUT2D eigenvalue weighted by Gasteiger charge is 2.43. The zero-order valence-electron chi connectivity index (χ0n) is 35.8. The third-order valence-electron chi connectivity index (χ3n) is 11.3. The number of nitrogens with one attached hydrogen (secondary N) is 6. The molecule has 59 heavy (non-hydrogen) atoms. The first-order valence-electron chi connectivity index (χ1n) is 20.6. The number of carbonyl (C=O) groups is 6. The molecule has 3 unspecified atom stereocenters. The summed E-state index contributed by atoms with van der Waals surface area (Å²) in [6.07, 6.45) is 4.20. The van der Waals surface area contributed by atoms with Crippen LogP contribution in [0.15, 0.2) is 55.6 Å². The summed E-state index contributed by atoms with van der Waals surface area (Å²) in [4.78, 5) is 86.2. The van der Waals surface area contributed by atoms with Gasteiger partial charge in [-0.15, -0.1) is 24.9 Å². The van der Waals surface area contributed by atoms with E-state index in [2.05, 4.69) is 45.1 Å². The number of amides is 6. The van der Waals surface area contributed by atoms with Crippen molar-refractivity contribution in [2.75, 3.05) is 18.9 Å². The average Bonchev–Trinajstić information content (AvgIpc) is 3.91. The van der Waals surface area contributed by atoms with Crippen LogP contribution in [0.1, 0.15) is 80.2 Å². The number of thioether (sulfide) groups is 1. The molecule has 326 valence electrons. The number of fused-ring (bicyclic) bond motifs is 3. The zero-order valence-corrected chi connectivity index (χ0v) is 36.6. The van der Waals surface area contributed by atoms with Crippen LogP contribution in [0, 0.1) is 5.92 Å². The fourth-order valence-electron chi connectivity index (χ4n) is 7.18. The molecule has 3 aliphatic rings. The third-order valence-corrected chi connectivity index (χ3v) is 12.6. The van der Waals surface area contributed by atoms with Crippen molar-refractivity contribution in [3.63, 3.8) is 0 Å². The van der Waals surface area contributed by atoms with Gasteiger partial charge < -0.3 is 41.0 Å². The van der Waals surface area contributed by atoms with Gasteiger partial charge in [0.05, 0.1) is 41.4 Å². The molecule has 0 saturated carbocycles. The molecule has 3 saturated heterocycles. The molecule has 1 aromatic carbocycles. The number of ether oxygens (including phenoxy) is 2. The van der Waals surface area contributed by atoms with Crippen LogP contribution in [0.25, 0.3) is 0 Å². The van der Waals surface area contributed by atoms with E-state index < -0.39 is 94.5 Å². The lowest BCUT2D eigenvalue weighted by Gasteiger charge is -2.33. The summed E-state index contributed by atoms with van der Waals surface area (Å²) in [6, 6.07) is 2.88. The summed E-state index contributed by atoms with van der Waals surface area (Å²) in [5, 5.41) is 17.4. The lowest BCUT2D eigenvalue weighted by atomic mass is 9.97. The van der Waals surface area contributed by atoms with E-state index in [4.69, 9.17) is 9.47 Å². The number of rotatable bonds is 12. The molecule has 1 aromatic rings. The number of benzene rings is 1. The predicted octanol–water partition coefficient (Wildman–Crippen LogP) is 2.11. The fraction of sp³-hybridized carbons (Fsp3) is 0.628. The summed E-state index contributed by atoms with van der Waals surface area (Å²) >= 11 is 1.47. The van der Waals surface area contributed by atoms with Gasteiger partial charge in [-0.25, -0.2) is 0 Å². The highest BCUT2D eigenvalue weighted by molar-refractivity contribution is 8.00. The second-order valence-electron chi connectivity index (χ2n) is 16.9. The van der Waals surface area contributed by atoms with E-state index in [1.54, 1.807) is 60.6 Å². The van der Waals surface area contributed by atoms with Gasteiger partial charge in [-0.05, 0) is 72.3 Å². The number of hydrogen-bond donors (Lipinski definition) is 6. The monoisotopic (exact) mass is 839 g/mol. The van der Waals surface area contributed by atoms with Gasteiger partial charge in [-0.1, -0.05) is 62.8 Å². The molecule has 0 spiro atoms. The average molecular weight is 840 g/mol. The van der Waals surface area contributed by atoms with Gasteiger partial charge in [0.25, 0.3) is 0 Å².